The lowest BCUT2D eigenvalue weighted by Gasteiger charge is -2.30. The molecule has 0 unspecified atom stereocenters. The van der Waals surface area contributed by atoms with Crippen molar-refractivity contribution >= 4 is 28.3 Å². The number of benzene rings is 2. The van der Waals surface area contributed by atoms with Gasteiger partial charge in [-0.05, 0) is 60.2 Å². The van der Waals surface area contributed by atoms with Crippen LogP contribution in [-0.4, -0.2) is 16.1 Å². The maximum absolute atomic E-state index is 6.12. The van der Waals surface area contributed by atoms with Crippen LogP contribution in [0.2, 0.25) is 5.02 Å². The SMILES string of the molecule is CCc1c(C)c2ccnc(N3CCc4ccccc4C3)c2n1Cc1ccc(Cl)cc1. The molecular formula is C26H26ClN3. The Hall–Kier alpha value is -2.78. The van der Waals surface area contributed by atoms with Gasteiger partial charge in [-0.25, -0.2) is 4.98 Å². The molecule has 1 aliphatic heterocycles. The van der Waals surface area contributed by atoms with E-state index in [1.54, 1.807) is 0 Å². The average Bonchev–Trinajstić information content (AvgIpc) is 3.06. The van der Waals surface area contributed by atoms with Crippen molar-refractivity contribution in [3.8, 4) is 0 Å². The number of rotatable bonds is 4. The topological polar surface area (TPSA) is 21.1 Å². The zero-order chi connectivity index (χ0) is 20.7. The second kappa shape index (κ2) is 7.81. The van der Waals surface area contributed by atoms with Gasteiger partial charge in [0, 0.05) is 41.9 Å². The fourth-order valence-electron chi connectivity index (χ4n) is 4.82. The Balaban J connectivity index is 1.64. The molecule has 0 N–H and O–H groups in total. The van der Waals surface area contributed by atoms with Crippen LogP contribution in [0.1, 0.15) is 34.9 Å². The van der Waals surface area contributed by atoms with Crippen LogP contribution in [-0.2, 0) is 25.9 Å². The monoisotopic (exact) mass is 415 g/mol. The lowest BCUT2D eigenvalue weighted by atomic mass is 10.00. The lowest BCUT2D eigenvalue weighted by molar-refractivity contribution is 0.715. The van der Waals surface area contributed by atoms with E-state index in [4.69, 9.17) is 16.6 Å². The van der Waals surface area contributed by atoms with E-state index in [9.17, 15) is 0 Å². The molecule has 1 aliphatic rings. The number of halogens is 1. The summed E-state index contributed by atoms with van der Waals surface area (Å²) in [4.78, 5) is 7.34. The van der Waals surface area contributed by atoms with Gasteiger partial charge in [0.1, 0.15) is 0 Å². The molecule has 0 fully saturated rings. The Morgan fingerprint density at radius 1 is 1.00 bits per heavy atom. The maximum Gasteiger partial charge on any atom is 0.153 e. The summed E-state index contributed by atoms with van der Waals surface area (Å²) in [5.41, 5.74) is 8.12. The zero-order valence-corrected chi connectivity index (χ0v) is 18.3. The Labute approximate surface area is 182 Å². The first-order valence-electron chi connectivity index (χ1n) is 10.7. The molecule has 3 heterocycles. The number of anilines is 1. The normalized spacial score (nSPS) is 13.6. The van der Waals surface area contributed by atoms with E-state index in [2.05, 4.69) is 65.8 Å². The van der Waals surface area contributed by atoms with Crippen LogP contribution in [0.15, 0.2) is 60.8 Å². The van der Waals surface area contributed by atoms with E-state index < -0.39 is 0 Å². The molecule has 0 spiro atoms. The lowest BCUT2D eigenvalue weighted by Crippen LogP contribution is -2.31. The van der Waals surface area contributed by atoms with Crippen LogP contribution >= 0.6 is 11.6 Å². The standard InChI is InChI=1S/C26H26ClN3/c1-3-24-18(2)23-12-14-28-26(29-15-13-20-6-4-5-7-21(20)17-29)25(23)30(24)16-19-8-10-22(27)11-9-19/h4-12,14H,3,13,15-17H2,1-2H3. The number of hydrogen-bond acceptors (Lipinski definition) is 2. The van der Waals surface area contributed by atoms with E-state index in [0.717, 1.165) is 43.3 Å². The fourth-order valence-corrected chi connectivity index (χ4v) is 4.94. The molecule has 3 nitrogen and oxygen atoms in total. The van der Waals surface area contributed by atoms with Crippen molar-refractivity contribution in [3.05, 3.63) is 93.8 Å². The molecule has 5 rings (SSSR count). The van der Waals surface area contributed by atoms with Gasteiger partial charge in [-0.3, -0.25) is 0 Å². The Morgan fingerprint density at radius 3 is 2.53 bits per heavy atom. The van der Waals surface area contributed by atoms with E-state index in [-0.39, 0.29) is 0 Å². The fraction of sp³-hybridized carbons (Fsp3) is 0.269. The second-order valence-corrected chi connectivity index (χ2v) is 8.55. The smallest absolute Gasteiger partial charge is 0.153 e. The third kappa shape index (κ3) is 3.27. The van der Waals surface area contributed by atoms with Crippen LogP contribution in [0.25, 0.3) is 10.9 Å². The first kappa shape index (κ1) is 19.2. The van der Waals surface area contributed by atoms with Crippen molar-refractivity contribution in [2.75, 3.05) is 11.4 Å². The molecule has 0 amide bonds. The van der Waals surface area contributed by atoms with Gasteiger partial charge >= 0.3 is 0 Å². The van der Waals surface area contributed by atoms with Crippen molar-refractivity contribution in [2.45, 2.75) is 39.8 Å². The molecule has 2 aromatic carbocycles. The molecule has 0 radical (unpaired) electrons. The highest BCUT2D eigenvalue weighted by atomic mass is 35.5. The van der Waals surface area contributed by atoms with Crippen LogP contribution in [0.4, 0.5) is 5.82 Å². The van der Waals surface area contributed by atoms with Crippen LogP contribution in [0.5, 0.6) is 0 Å². The number of hydrogen-bond donors (Lipinski definition) is 0. The van der Waals surface area contributed by atoms with Crippen molar-refractivity contribution < 1.29 is 0 Å². The Morgan fingerprint density at radius 2 is 1.77 bits per heavy atom. The number of nitrogens with zero attached hydrogens (tertiary/aromatic N) is 3. The highest BCUT2D eigenvalue weighted by Crippen LogP contribution is 2.35. The summed E-state index contributed by atoms with van der Waals surface area (Å²) in [5, 5.41) is 2.09. The van der Waals surface area contributed by atoms with Gasteiger partial charge in [0.2, 0.25) is 0 Å². The minimum absolute atomic E-state index is 0.775. The number of fused-ring (bicyclic) bond motifs is 2. The molecule has 4 aromatic rings. The first-order chi connectivity index (χ1) is 14.7. The predicted molar refractivity (Wildman–Crippen MR) is 126 cm³/mol. The number of aromatic nitrogens is 2. The summed E-state index contributed by atoms with van der Waals surface area (Å²) in [6.07, 6.45) is 4.03. The minimum atomic E-state index is 0.775. The molecule has 0 bridgehead atoms. The van der Waals surface area contributed by atoms with Crippen LogP contribution in [0, 0.1) is 6.92 Å². The van der Waals surface area contributed by atoms with Crippen LogP contribution < -0.4 is 4.90 Å². The summed E-state index contributed by atoms with van der Waals surface area (Å²) >= 11 is 6.12. The van der Waals surface area contributed by atoms with E-state index >= 15 is 0 Å². The Bertz CT molecular complexity index is 1210. The van der Waals surface area contributed by atoms with Crippen molar-refractivity contribution in [3.63, 3.8) is 0 Å². The van der Waals surface area contributed by atoms with Gasteiger partial charge in [-0.2, -0.15) is 0 Å². The van der Waals surface area contributed by atoms with E-state index in [0.29, 0.717) is 0 Å². The molecule has 0 saturated heterocycles. The summed E-state index contributed by atoms with van der Waals surface area (Å²) in [5.74, 6) is 1.10. The third-order valence-electron chi connectivity index (χ3n) is 6.36. The summed E-state index contributed by atoms with van der Waals surface area (Å²) in [6.45, 7) is 7.22. The molecule has 0 aliphatic carbocycles. The zero-order valence-electron chi connectivity index (χ0n) is 17.5. The molecule has 30 heavy (non-hydrogen) atoms. The van der Waals surface area contributed by atoms with Gasteiger partial charge in [0.05, 0.1) is 5.52 Å². The van der Waals surface area contributed by atoms with E-state index in [1.807, 2.05) is 18.3 Å². The van der Waals surface area contributed by atoms with Crippen LogP contribution in [0.3, 0.4) is 0 Å². The summed E-state index contributed by atoms with van der Waals surface area (Å²) in [7, 11) is 0. The molecule has 0 atom stereocenters. The molecule has 4 heteroatoms. The largest absolute Gasteiger partial charge is 0.350 e. The summed E-state index contributed by atoms with van der Waals surface area (Å²) in [6, 6.07) is 19.1. The van der Waals surface area contributed by atoms with Gasteiger partial charge < -0.3 is 9.47 Å². The first-order valence-corrected chi connectivity index (χ1v) is 11.1. The molecule has 0 saturated carbocycles. The molecule has 2 aromatic heterocycles. The van der Waals surface area contributed by atoms with Crippen molar-refractivity contribution in [2.24, 2.45) is 0 Å². The quantitative estimate of drug-likeness (QED) is 0.397. The third-order valence-corrected chi connectivity index (χ3v) is 6.61. The van der Waals surface area contributed by atoms with Gasteiger partial charge in [0.15, 0.2) is 5.82 Å². The highest BCUT2D eigenvalue weighted by Gasteiger charge is 2.23. The maximum atomic E-state index is 6.12. The number of pyridine rings is 1. The van der Waals surface area contributed by atoms with Crippen molar-refractivity contribution in [1.29, 1.82) is 0 Å². The minimum Gasteiger partial charge on any atom is -0.350 e. The molecule has 152 valence electrons. The molecular weight excluding hydrogens is 390 g/mol. The average molecular weight is 416 g/mol. The highest BCUT2D eigenvalue weighted by molar-refractivity contribution is 6.30. The van der Waals surface area contributed by atoms with Gasteiger partial charge in [-0.15, -0.1) is 0 Å². The second-order valence-electron chi connectivity index (χ2n) is 8.11. The van der Waals surface area contributed by atoms with Gasteiger partial charge in [-0.1, -0.05) is 54.9 Å². The number of aryl methyl sites for hydroxylation is 1. The van der Waals surface area contributed by atoms with E-state index in [1.165, 1.54) is 38.9 Å². The van der Waals surface area contributed by atoms with Crippen molar-refractivity contribution in [1.82, 2.24) is 9.55 Å². The Kier molecular flexibility index (Phi) is 5.00. The van der Waals surface area contributed by atoms with Gasteiger partial charge in [0.25, 0.3) is 0 Å². The summed E-state index contributed by atoms with van der Waals surface area (Å²) < 4.78 is 2.47. The predicted octanol–water partition coefficient (Wildman–Crippen LogP) is 6.17.